The molecule has 0 aromatic carbocycles. The molecule has 0 bridgehead atoms. The van der Waals surface area contributed by atoms with Gasteiger partial charge in [0, 0.05) is 12.2 Å². The minimum Gasteiger partial charge on any atom is -0.459 e. The molecule has 0 saturated carbocycles. The van der Waals surface area contributed by atoms with Crippen LogP contribution >= 0.6 is 0 Å². The van der Waals surface area contributed by atoms with Crippen molar-refractivity contribution in [3.8, 4) is 0 Å². The van der Waals surface area contributed by atoms with Gasteiger partial charge in [-0.3, -0.25) is 0 Å². The van der Waals surface area contributed by atoms with Gasteiger partial charge in [-0.1, -0.05) is 0 Å². The van der Waals surface area contributed by atoms with Crippen molar-refractivity contribution in [2.45, 2.75) is 19.9 Å². The van der Waals surface area contributed by atoms with E-state index in [1.807, 2.05) is 6.07 Å². The van der Waals surface area contributed by atoms with Crippen LogP contribution in [0.15, 0.2) is 17.4 Å². The van der Waals surface area contributed by atoms with Gasteiger partial charge in [0.25, 0.3) is 0 Å². The summed E-state index contributed by atoms with van der Waals surface area (Å²) in [4.78, 5) is 4.06. The fourth-order valence-corrected chi connectivity index (χ4v) is 1.52. The first-order valence-corrected chi connectivity index (χ1v) is 5.11. The minimum atomic E-state index is 0.313. The van der Waals surface area contributed by atoms with Crippen LogP contribution in [-0.4, -0.2) is 24.2 Å². The van der Waals surface area contributed by atoms with Crippen molar-refractivity contribution in [1.82, 2.24) is 4.98 Å². The number of nitrogens with two attached hydrogens (primary N) is 1. The molecule has 6 heteroatoms. The number of pyridine rings is 1. The predicted molar refractivity (Wildman–Crippen MR) is 64.3 cm³/mol. The van der Waals surface area contributed by atoms with E-state index < -0.39 is 0 Å². The standard InChI is InChI=1S/C10H15N5O/c1-7(2)14-8-3-4-12-10(11)9(8)15-6-16-5-13-15/h3-5,7H,6H2,1-2H3,(H3,11,12,14). The fraction of sp³-hybridized carbons (Fsp3) is 0.400. The van der Waals surface area contributed by atoms with Crippen LogP contribution in [0.25, 0.3) is 0 Å². The number of rotatable bonds is 3. The van der Waals surface area contributed by atoms with Crippen LogP contribution in [0.3, 0.4) is 0 Å². The number of ether oxygens (including phenoxy) is 1. The molecular weight excluding hydrogens is 206 g/mol. The van der Waals surface area contributed by atoms with E-state index in [0.29, 0.717) is 18.6 Å². The summed E-state index contributed by atoms with van der Waals surface area (Å²) in [5.74, 6) is 0.438. The van der Waals surface area contributed by atoms with Crippen LogP contribution in [0.4, 0.5) is 17.2 Å². The van der Waals surface area contributed by atoms with Gasteiger partial charge in [0.15, 0.2) is 18.9 Å². The molecule has 0 spiro atoms. The van der Waals surface area contributed by atoms with Crippen LogP contribution in [0.5, 0.6) is 0 Å². The summed E-state index contributed by atoms with van der Waals surface area (Å²) < 4.78 is 5.05. The number of nitrogen functional groups attached to an aromatic ring is 1. The zero-order valence-electron chi connectivity index (χ0n) is 9.34. The van der Waals surface area contributed by atoms with Crippen molar-refractivity contribution in [1.29, 1.82) is 0 Å². The van der Waals surface area contributed by atoms with Crippen LogP contribution < -0.4 is 16.1 Å². The van der Waals surface area contributed by atoms with Crippen molar-refractivity contribution in [3.63, 3.8) is 0 Å². The molecule has 1 aliphatic heterocycles. The molecule has 3 N–H and O–H groups in total. The Balaban J connectivity index is 2.36. The van der Waals surface area contributed by atoms with Gasteiger partial charge in [-0.2, -0.15) is 0 Å². The van der Waals surface area contributed by atoms with E-state index >= 15 is 0 Å². The van der Waals surface area contributed by atoms with E-state index in [4.69, 9.17) is 10.5 Å². The molecule has 0 saturated heterocycles. The molecule has 86 valence electrons. The van der Waals surface area contributed by atoms with Gasteiger partial charge in [-0.25, -0.2) is 9.99 Å². The number of nitrogens with one attached hydrogen (secondary N) is 1. The SMILES string of the molecule is CC(C)Nc1ccnc(N)c1N1COC=N1. The monoisotopic (exact) mass is 221 g/mol. The smallest absolute Gasteiger partial charge is 0.195 e. The van der Waals surface area contributed by atoms with Crippen molar-refractivity contribution in [2.24, 2.45) is 5.10 Å². The quantitative estimate of drug-likeness (QED) is 0.802. The lowest BCUT2D eigenvalue weighted by Crippen LogP contribution is -2.19. The summed E-state index contributed by atoms with van der Waals surface area (Å²) in [6.45, 7) is 4.48. The summed E-state index contributed by atoms with van der Waals surface area (Å²) in [7, 11) is 0. The van der Waals surface area contributed by atoms with E-state index in [1.165, 1.54) is 6.40 Å². The van der Waals surface area contributed by atoms with Gasteiger partial charge in [-0.05, 0) is 19.9 Å². The molecule has 2 heterocycles. The van der Waals surface area contributed by atoms with Crippen LogP contribution in [0.2, 0.25) is 0 Å². The van der Waals surface area contributed by atoms with Crippen molar-refractivity contribution in [2.75, 3.05) is 22.8 Å². The van der Waals surface area contributed by atoms with E-state index in [0.717, 1.165) is 11.4 Å². The maximum absolute atomic E-state index is 5.85. The Morgan fingerprint density at radius 2 is 2.38 bits per heavy atom. The molecule has 0 unspecified atom stereocenters. The summed E-state index contributed by atoms with van der Waals surface area (Å²) >= 11 is 0. The highest BCUT2D eigenvalue weighted by Crippen LogP contribution is 2.32. The molecule has 0 fully saturated rings. The number of anilines is 3. The number of hydrazone groups is 1. The maximum atomic E-state index is 5.85. The van der Waals surface area contributed by atoms with Gasteiger partial charge in [0.05, 0.1) is 5.69 Å². The van der Waals surface area contributed by atoms with Gasteiger partial charge in [0.2, 0.25) is 0 Å². The average molecular weight is 221 g/mol. The molecule has 0 radical (unpaired) electrons. The van der Waals surface area contributed by atoms with E-state index in [1.54, 1.807) is 11.2 Å². The molecule has 1 aliphatic rings. The van der Waals surface area contributed by atoms with Gasteiger partial charge in [-0.15, -0.1) is 5.10 Å². The third-order valence-electron chi connectivity index (χ3n) is 2.11. The van der Waals surface area contributed by atoms with Gasteiger partial charge < -0.3 is 15.8 Å². The second-order valence-corrected chi connectivity index (χ2v) is 3.81. The molecule has 0 aliphatic carbocycles. The predicted octanol–water partition coefficient (Wildman–Crippen LogP) is 1.22. The molecule has 6 nitrogen and oxygen atoms in total. The normalized spacial score (nSPS) is 14.3. The highest BCUT2D eigenvalue weighted by atomic mass is 16.5. The summed E-state index contributed by atoms with van der Waals surface area (Å²) in [5.41, 5.74) is 7.52. The molecule has 1 aromatic rings. The van der Waals surface area contributed by atoms with Crippen molar-refractivity contribution in [3.05, 3.63) is 12.3 Å². The Morgan fingerprint density at radius 1 is 1.56 bits per heavy atom. The average Bonchev–Trinajstić information content (AvgIpc) is 2.69. The first-order chi connectivity index (χ1) is 7.68. The Bertz CT molecular complexity index is 404. The number of nitrogens with zero attached hydrogens (tertiary/aromatic N) is 3. The Hall–Kier alpha value is -1.98. The fourth-order valence-electron chi connectivity index (χ4n) is 1.52. The first kappa shape index (κ1) is 10.5. The summed E-state index contributed by atoms with van der Waals surface area (Å²) in [6.07, 6.45) is 3.07. The highest BCUT2D eigenvalue weighted by Gasteiger charge is 2.18. The number of hydrogen-bond donors (Lipinski definition) is 2. The van der Waals surface area contributed by atoms with E-state index in [-0.39, 0.29) is 0 Å². The van der Waals surface area contributed by atoms with Gasteiger partial charge in [0.1, 0.15) is 5.69 Å². The minimum absolute atomic E-state index is 0.313. The molecule has 16 heavy (non-hydrogen) atoms. The largest absolute Gasteiger partial charge is 0.459 e. The summed E-state index contributed by atoms with van der Waals surface area (Å²) in [5, 5.41) is 9.03. The third-order valence-corrected chi connectivity index (χ3v) is 2.11. The van der Waals surface area contributed by atoms with Crippen molar-refractivity contribution < 1.29 is 4.74 Å². The van der Waals surface area contributed by atoms with Crippen LogP contribution in [-0.2, 0) is 4.74 Å². The highest BCUT2D eigenvalue weighted by molar-refractivity contribution is 5.80. The van der Waals surface area contributed by atoms with E-state index in [2.05, 4.69) is 29.2 Å². The molecular formula is C10H15N5O. The van der Waals surface area contributed by atoms with Gasteiger partial charge >= 0.3 is 0 Å². The van der Waals surface area contributed by atoms with Crippen LogP contribution in [0.1, 0.15) is 13.8 Å². The molecule has 0 amide bonds. The molecule has 0 atom stereocenters. The lowest BCUT2D eigenvalue weighted by molar-refractivity contribution is 0.350. The lowest BCUT2D eigenvalue weighted by atomic mass is 10.2. The molecule has 2 rings (SSSR count). The zero-order chi connectivity index (χ0) is 11.5. The lowest BCUT2D eigenvalue weighted by Gasteiger charge is -2.20. The Morgan fingerprint density at radius 3 is 3.00 bits per heavy atom. The first-order valence-electron chi connectivity index (χ1n) is 5.11. The molecule has 1 aromatic heterocycles. The zero-order valence-corrected chi connectivity index (χ0v) is 9.34. The number of hydrogen-bond acceptors (Lipinski definition) is 6. The van der Waals surface area contributed by atoms with E-state index in [9.17, 15) is 0 Å². The van der Waals surface area contributed by atoms with Crippen molar-refractivity contribution >= 4 is 23.6 Å². The summed E-state index contributed by atoms with van der Waals surface area (Å²) in [6, 6.07) is 2.19. The second-order valence-electron chi connectivity index (χ2n) is 3.81. The Kier molecular flexibility index (Phi) is 2.80. The maximum Gasteiger partial charge on any atom is 0.195 e. The number of aromatic nitrogens is 1. The topological polar surface area (TPSA) is 75.8 Å². The van der Waals surface area contributed by atoms with Crippen LogP contribution in [0, 0.1) is 0 Å². The third kappa shape index (κ3) is 2.00. The Labute approximate surface area is 94.1 Å². The second kappa shape index (κ2) is 4.26.